The van der Waals surface area contributed by atoms with E-state index in [2.05, 4.69) is 5.32 Å². The Balaban J connectivity index is 2.46. The van der Waals surface area contributed by atoms with E-state index in [9.17, 15) is 13.6 Å². The second kappa shape index (κ2) is 7.04. The predicted octanol–water partition coefficient (Wildman–Crippen LogP) is 1.44. The molecular weight excluding hydrogens is 254 g/mol. The molecule has 0 saturated heterocycles. The Hall–Kier alpha value is -1.69. The van der Waals surface area contributed by atoms with Gasteiger partial charge in [0.1, 0.15) is 12.4 Å². The van der Waals surface area contributed by atoms with Crippen LogP contribution in [0.1, 0.15) is 13.8 Å². The Morgan fingerprint density at radius 2 is 2.11 bits per heavy atom. The SMILES string of the molecule is CC(COc1ccc(F)cc1F)NC(=O)C(C)CN. The van der Waals surface area contributed by atoms with Crippen molar-refractivity contribution < 1.29 is 18.3 Å². The smallest absolute Gasteiger partial charge is 0.224 e. The molecule has 0 heterocycles. The molecule has 0 radical (unpaired) electrons. The molecule has 0 bridgehead atoms. The van der Waals surface area contributed by atoms with Crippen LogP contribution in [-0.4, -0.2) is 25.1 Å². The van der Waals surface area contributed by atoms with E-state index >= 15 is 0 Å². The zero-order chi connectivity index (χ0) is 14.4. The lowest BCUT2D eigenvalue weighted by Gasteiger charge is -2.17. The molecule has 0 fully saturated rings. The van der Waals surface area contributed by atoms with Crippen molar-refractivity contribution in [3.63, 3.8) is 0 Å². The standard InChI is InChI=1S/C13H18F2N2O2/c1-8(6-16)13(18)17-9(2)7-19-12-4-3-10(14)5-11(12)15/h3-5,8-9H,6-7,16H2,1-2H3,(H,17,18). The van der Waals surface area contributed by atoms with Gasteiger partial charge in [0.15, 0.2) is 11.6 Å². The molecule has 1 aromatic carbocycles. The van der Waals surface area contributed by atoms with Crippen LogP contribution in [-0.2, 0) is 4.79 Å². The molecule has 4 nitrogen and oxygen atoms in total. The maximum atomic E-state index is 13.3. The minimum atomic E-state index is -0.770. The highest BCUT2D eigenvalue weighted by Gasteiger charge is 2.14. The lowest BCUT2D eigenvalue weighted by atomic mass is 10.1. The van der Waals surface area contributed by atoms with Gasteiger partial charge in [-0.05, 0) is 19.1 Å². The first-order valence-corrected chi connectivity index (χ1v) is 6.02. The highest BCUT2D eigenvalue weighted by Crippen LogP contribution is 2.17. The molecule has 0 aliphatic rings. The Bertz CT molecular complexity index is 441. The van der Waals surface area contributed by atoms with Gasteiger partial charge in [0.25, 0.3) is 0 Å². The molecule has 1 aromatic rings. The van der Waals surface area contributed by atoms with Crippen LogP contribution in [0, 0.1) is 17.6 Å². The third-order valence-electron chi connectivity index (χ3n) is 2.57. The molecule has 0 aliphatic heterocycles. The number of halogens is 2. The number of carbonyl (C=O) groups is 1. The van der Waals surface area contributed by atoms with Crippen molar-refractivity contribution in [2.24, 2.45) is 11.7 Å². The van der Waals surface area contributed by atoms with Gasteiger partial charge in [0.2, 0.25) is 5.91 Å². The summed E-state index contributed by atoms with van der Waals surface area (Å²) >= 11 is 0. The fourth-order valence-corrected chi connectivity index (χ4v) is 1.34. The fourth-order valence-electron chi connectivity index (χ4n) is 1.34. The maximum absolute atomic E-state index is 13.3. The zero-order valence-corrected chi connectivity index (χ0v) is 11.0. The second-order valence-electron chi connectivity index (χ2n) is 4.43. The number of hydrogen-bond acceptors (Lipinski definition) is 3. The summed E-state index contributed by atoms with van der Waals surface area (Å²) in [7, 11) is 0. The van der Waals surface area contributed by atoms with Crippen molar-refractivity contribution in [3.8, 4) is 5.75 Å². The largest absolute Gasteiger partial charge is 0.488 e. The molecule has 0 aromatic heterocycles. The Labute approximate surface area is 110 Å². The van der Waals surface area contributed by atoms with Crippen molar-refractivity contribution in [2.45, 2.75) is 19.9 Å². The minimum Gasteiger partial charge on any atom is -0.488 e. The molecule has 0 spiro atoms. The number of nitrogens with two attached hydrogens (primary N) is 1. The molecular formula is C13H18F2N2O2. The van der Waals surface area contributed by atoms with Gasteiger partial charge >= 0.3 is 0 Å². The number of rotatable bonds is 6. The van der Waals surface area contributed by atoms with Crippen LogP contribution < -0.4 is 15.8 Å². The second-order valence-corrected chi connectivity index (χ2v) is 4.43. The third-order valence-corrected chi connectivity index (χ3v) is 2.57. The van der Waals surface area contributed by atoms with Crippen molar-refractivity contribution in [1.29, 1.82) is 0 Å². The normalized spacial score (nSPS) is 13.7. The number of amides is 1. The van der Waals surface area contributed by atoms with E-state index in [1.165, 1.54) is 6.07 Å². The maximum Gasteiger partial charge on any atom is 0.224 e. The van der Waals surface area contributed by atoms with Gasteiger partial charge in [-0.2, -0.15) is 0 Å². The van der Waals surface area contributed by atoms with Crippen LogP contribution in [0.3, 0.4) is 0 Å². The van der Waals surface area contributed by atoms with E-state index in [0.717, 1.165) is 12.1 Å². The van der Waals surface area contributed by atoms with Crippen LogP contribution in [0.15, 0.2) is 18.2 Å². The minimum absolute atomic E-state index is 0.0469. The molecule has 0 aliphatic carbocycles. The van der Waals surface area contributed by atoms with E-state index in [1.54, 1.807) is 13.8 Å². The van der Waals surface area contributed by atoms with Crippen LogP contribution in [0.5, 0.6) is 5.75 Å². The van der Waals surface area contributed by atoms with Crippen molar-refractivity contribution >= 4 is 5.91 Å². The van der Waals surface area contributed by atoms with Gasteiger partial charge in [-0.25, -0.2) is 8.78 Å². The zero-order valence-electron chi connectivity index (χ0n) is 11.0. The molecule has 1 amide bonds. The van der Waals surface area contributed by atoms with Crippen LogP contribution in [0.2, 0.25) is 0 Å². The molecule has 19 heavy (non-hydrogen) atoms. The molecule has 3 N–H and O–H groups in total. The van der Waals surface area contributed by atoms with Crippen molar-refractivity contribution in [3.05, 3.63) is 29.8 Å². The summed E-state index contributed by atoms with van der Waals surface area (Å²) in [5, 5.41) is 2.69. The van der Waals surface area contributed by atoms with Crippen LogP contribution in [0.25, 0.3) is 0 Å². The monoisotopic (exact) mass is 272 g/mol. The van der Waals surface area contributed by atoms with Gasteiger partial charge in [0.05, 0.1) is 6.04 Å². The van der Waals surface area contributed by atoms with E-state index < -0.39 is 11.6 Å². The highest BCUT2D eigenvalue weighted by atomic mass is 19.1. The van der Waals surface area contributed by atoms with Crippen LogP contribution in [0.4, 0.5) is 8.78 Å². The third kappa shape index (κ3) is 4.82. The molecule has 2 unspecified atom stereocenters. The first-order valence-electron chi connectivity index (χ1n) is 6.02. The number of hydrogen-bond donors (Lipinski definition) is 2. The van der Waals surface area contributed by atoms with E-state index in [0.29, 0.717) is 0 Å². The van der Waals surface area contributed by atoms with Crippen LogP contribution >= 0.6 is 0 Å². The fraction of sp³-hybridized carbons (Fsp3) is 0.462. The summed E-state index contributed by atoms with van der Waals surface area (Å²) in [5.74, 6) is -1.95. The summed E-state index contributed by atoms with van der Waals surface area (Å²) < 4.78 is 31.1. The number of benzene rings is 1. The number of nitrogens with one attached hydrogen (secondary N) is 1. The summed E-state index contributed by atoms with van der Waals surface area (Å²) in [6.45, 7) is 3.78. The van der Waals surface area contributed by atoms with Gasteiger partial charge < -0.3 is 15.8 Å². The van der Waals surface area contributed by atoms with Gasteiger partial charge in [0, 0.05) is 18.5 Å². The molecule has 0 saturated carbocycles. The molecule has 1 rings (SSSR count). The first kappa shape index (κ1) is 15.4. The number of carbonyl (C=O) groups excluding carboxylic acids is 1. The summed E-state index contributed by atoms with van der Waals surface area (Å²) in [6, 6.07) is 2.76. The topological polar surface area (TPSA) is 64.3 Å². The Morgan fingerprint density at radius 1 is 1.42 bits per heavy atom. The average Bonchev–Trinajstić information content (AvgIpc) is 2.36. The number of ether oxygens (including phenoxy) is 1. The van der Waals surface area contributed by atoms with Gasteiger partial charge in [-0.1, -0.05) is 6.92 Å². The van der Waals surface area contributed by atoms with E-state index in [-0.39, 0.29) is 36.8 Å². The van der Waals surface area contributed by atoms with Crippen molar-refractivity contribution in [1.82, 2.24) is 5.32 Å². The van der Waals surface area contributed by atoms with E-state index in [4.69, 9.17) is 10.5 Å². The van der Waals surface area contributed by atoms with Gasteiger partial charge in [-0.3, -0.25) is 4.79 Å². The Kier molecular flexibility index (Phi) is 5.69. The molecule has 106 valence electrons. The summed E-state index contributed by atoms with van der Waals surface area (Å²) in [6.07, 6.45) is 0. The predicted molar refractivity (Wildman–Crippen MR) is 67.7 cm³/mol. The molecule has 2 atom stereocenters. The molecule has 6 heteroatoms. The van der Waals surface area contributed by atoms with Gasteiger partial charge in [-0.15, -0.1) is 0 Å². The summed E-state index contributed by atoms with van der Waals surface area (Å²) in [4.78, 5) is 11.5. The first-order chi connectivity index (χ1) is 8.93. The highest BCUT2D eigenvalue weighted by molar-refractivity contribution is 5.78. The lowest BCUT2D eigenvalue weighted by Crippen LogP contribution is -2.41. The summed E-state index contributed by atoms with van der Waals surface area (Å²) in [5.41, 5.74) is 5.37. The van der Waals surface area contributed by atoms with E-state index in [1.807, 2.05) is 0 Å². The van der Waals surface area contributed by atoms with Crippen molar-refractivity contribution in [2.75, 3.05) is 13.2 Å². The quantitative estimate of drug-likeness (QED) is 0.823. The average molecular weight is 272 g/mol. The Morgan fingerprint density at radius 3 is 2.68 bits per heavy atom. The lowest BCUT2D eigenvalue weighted by molar-refractivity contribution is -0.125.